The first-order valence-electron chi connectivity index (χ1n) is 8.20. The van der Waals surface area contributed by atoms with Crippen molar-refractivity contribution < 1.29 is 18.1 Å². The van der Waals surface area contributed by atoms with Gasteiger partial charge in [-0.2, -0.15) is 0 Å². The van der Waals surface area contributed by atoms with E-state index in [2.05, 4.69) is 5.16 Å². The number of aryl methyl sites for hydroxylation is 1. The fraction of sp³-hybridized carbons (Fsp3) is 0.444. The summed E-state index contributed by atoms with van der Waals surface area (Å²) in [6.45, 7) is 3.00. The minimum atomic E-state index is -0.503. The Labute approximate surface area is 139 Å². The molecule has 128 valence electrons. The van der Waals surface area contributed by atoms with Crippen LogP contribution in [0.5, 0.6) is 0 Å². The fourth-order valence-corrected chi connectivity index (χ4v) is 3.23. The van der Waals surface area contributed by atoms with E-state index in [4.69, 9.17) is 4.52 Å². The second-order valence-electron chi connectivity index (χ2n) is 6.32. The molecule has 1 saturated heterocycles. The van der Waals surface area contributed by atoms with Crippen molar-refractivity contribution in [2.45, 2.75) is 32.6 Å². The van der Waals surface area contributed by atoms with Crippen LogP contribution in [0, 0.1) is 24.5 Å². The van der Waals surface area contributed by atoms with Gasteiger partial charge in [-0.25, -0.2) is 8.78 Å². The molecule has 0 spiro atoms. The van der Waals surface area contributed by atoms with Crippen LogP contribution in [0.15, 0.2) is 28.8 Å². The summed E-state index contributed by atoms with van der Waals surface area (Å²) in [4.78, 5) is 14.2. The van der Waals surface area contributed by atoms with Gasteiger partial charge in [0.1, 0.15) is 17.4 Å². The van der Waals surface area contributed by atoms with Crippen molar-refractivity contribution in [3.8, 4) is 0 Å². The van der Waals surface area contributed by atoms with Crippen LogP contribution in [0.1, 0.15) is 41.1 Å². The standard InChI is InChI=1S/C18H20F2N2O2/c1-12-10-17(21-24-12)18(23)22-9-3-4-13(11-22)7-8-14-15(19)5-2-6-16(14)20/h2,5-6,10,13H,3-4,7-9,11H2,1H3/t13-/m1/s1. The predicted octanol–water partition coefficient (Wildman–Crippen LogP) is 3.75. The third-order valence-electron chi connectivity index (χ3n) is 4.52. The molecule has 2 aromatic rings. The molecule has 1 fully saturated rings. The van der Waals surface area contributed by atoms with Crippen molar-refractivity contribution in [1.82, 2.24) is 10.1 Å². The number of hydrogen-bond acceptors (Lipinski definition) is 3. The molecule has 1 aliphatic rings. The van der Waals surface area contributed by atoms with Gasteiger partial charge in [-0.05, 0) is 50.7 Å². The molecule has 1 aliphatic heterocycles. The van der Waals surface area contributed by atoms with Crippen LogP contribution in [0.3, 0.4) is 0 Å². The predicted molar refractivity (Wildman–Crippen MR) is 84.5 cm³/mol. The molecule has 0 unspecified atom stereocenters. The van der Waals surface area contributed by atoms with E-state index >= 15 is 0 Å². The highest BCUT2D eigenvalue weighted by Crippen LogP contribution is 2.24. The second kappa shape index (κ2) is 7.11. The molecule has 0 aliphatic carbocycles. The lowest BCUT2D eigenvalue weighted by Crippen LogP contribution is -2.40. The van der Waals surface area contributed by atoms with E-state index in [1.54, 1.807) is 17.9 Å². The van der Waals surface area contributed by atoms with Gasteiger partial charge in [-0.1, -0.05) is 11.2 Å². The zero-order valence-electron chi connectivity index (χ0n) is 13.6. The minimum absolute atomic E-state index is 0.132. The van der Waals surface area contributed by atoms with Crippen molar-refractivity contribution >= 4 is 5.91 Å². The first kappa shape index (κ1) is 16.6. The van der Waals surface area contributed by atoms with Crippen molar-refractivity contribution in [2.24, 2.45) is 5.92 Å². The first-order valence-corrected chi connectivity index (χ1v) is 8.20. The summed E-state index contributed by atoms with van der Waals surface area (Å²) in [7, 11) is 0. The SMILES string of the molecule is Cc1cc(C(=O)N2CCC[C@H](CCc3c(F)cccc3F)C2)no1. The quantitative estimate of drug-likeness (QED) is 0.855. The number of hydrogen-bond donors (Lipinski definition) is 0. The Morgan fingerprint density at radius 1 is 1.38 bits per heavy atom. The maximum absolute atomic E-state index is 13.7. The molecule has 1 aromatic carbocycles. The van der Waals surface area contributed by atoms with Crippen LogP contribution in [0.25, 0.3) is 0 Å². The molecule has 0 N–H and O–H groups in total. The molecule has 1 atom stereocenters. The van der Waals surface area contributed by atoms with Crippen LogP contribution in [0.4, 0.5) is 8.78 Å². The lowest BCUT2D eigenvalue weighted by molar-refractivity contribution is 0.0657. The Bertz CT molecular complexity index is 709. The van der Waals surface area contributed by atoms with E-state index in [0.717, 1.165) is 12.8 Å². The number of rotatable bonds is 4. The molecule has 3 rings (SSSR count). The summed E-state index contributed by atoms with van der Waals surface area (Å²) in [6, 6.07) is 5.56. The smallest absolute Gasteiger partial charge is 0.276 e. The van der Waals surface area contributed by atoms with Gasteiger partial charge in [-0.15, -0.1) is 0 Å². The monoisotopic (exact) mass is 334 g/mol. The fourth-order valence-electron chi connectivity index (χ4n) is 3.23. The molecular weight excluding hydrogens is 314 g/mol. The molecule has 0 saturated carbocycles. The highest BCUT2D eigenvalue weighted by molar-refractivity contribution is 5.92. The number of likely N-dealkylation sites (tertiary alicyclic amines) is 1. The topological polar surface area (TPSA) is 46.3 Å². The van der Waals surface area contributed by atoms with Crippen molar-refractivity contribution in [2.75, 3.05) is 13.1 Å². The number of piperidine rings is 1. The van der Waals surface area contributed by atoms with Gasteiger partial charge in [0.25, 0.3) is 5.91 Å². The van der Waals surface area contributed by atoms with Crippen LogP contribution in [-0.4, -0.2) is 29.1 Å². The summed E-state index contributed by atoms with van der Waals surface area (Å²) < 4.78 is 32.4. The number of carbonyl (C=O) groups is 1. The highest BCUT2D eigenvalue weighted by atomic mass is 19.1. The molecule has 0 radical (unpaired) electrons. The van der Waals surface area contributed by atoms with Crippen molar-refractivity contribution in [3.63, 3.8) is 0 Å². The minimum Gasteiger partial charge on any atom is -0.361 e. The van der Waals surface area contributed by atoms with Gasteiger partial charge >= 0.3 is 0 Å². The molecule has 1 aromatic heterocycles. The van der Waals surface area contributed by atoms with E-state index in [1.165, 1.54) is 18.2 Å². The molecule has 1 amide bonds. The summed E-state index contributed by atoms with van der Waals surface area (Å²) in [5, 5.41) is 3.77. The number of benzene rings is 1. The van der Waals surface area contributed by atoms with Gasteiger partial charge in [0, 0.05) is 24.7 Å². The highest BCUT2D eigenvalue weighted by Gasteiger charge is 2.26. The number of amides is 1. The lowest BCUT2D eigenvalue weighted by atomic mass is 9.91. The molecular formula is C18H20F2N2O2. The Balaban J connectivity index is 1.60. The molecule has 4 nitrogen and oxygen atoms in total. The molecule has 24 heavy (non-hydrogen) atoms. The maximum Gasteiger partial charge on any atom is 0.276 e. The Morgan fingerprint density at radius 3 is 2.79 bits per heavy atom. The lowest BCUT2D eigenvalue weighted by Gasteiger charge is -2.32. The molecule has 6 heteroatoms. The normalized spacial score (nSPS) is 18.0. The Morgan fingerprint density at radius 2 is 2.12 bits per heavy atom. The average molecular weight is 334 g/mol. The van der Waals surface area contributed by atoms with Gasteiger partial charge in [0.2, 0.25) is 0 Å². The number of halogens is 2. The van der Waals surface area contributed by atoms with Gasteiger partial charge in [-0.3, -0.25) is 4.79 Å². The molecule has 0 bridgehead atoms. The third kappa shape index (κ3) is 3.63. The Hall–Kier alpha value is -2.24. The summed E-state index contributed by atoms with van der Waals surface area (Å²) in [6.07, 6.45) is 2.83. The average Bonchev–Trinajstić information content (AvgIpc) is 3.00. The van der Waals surface area contributed by atoms with E-state index in [0.29, 0.717) is 37.4 Å². The third-order valence-corrected chi connectivity index (χ3v) is 4.52. The maximum atomic E-state index is 13.7. The Kier molecular flexibility index (Phi) is 4.92. The van der Waals surface area contributed by atoms with E-state index < -0.39 is 11.6 Å². The summed E-state index contributed by atoms with van der Waals surface area (Å²) >= 11 is 0. The number of nitrogens with zero attached hydrogens (tertiary/aromatic N) is 2. The number of carbonyl (C=O) groups excluding carboxylic acids is 1. The number of aromatic nitrogens is 1. The van der Waals surface area contributed by atoms with Crippen LogP contribution in [-0.2, 0) is 6.42 Å². The first-order chi connectivity index (χ1) is 11.5. The van der Waals surface area contributed by atoms with E-state index in [1.807, 2.05) is 0 Å². The largest absolute Gasteiger partial charge is 0.361 e. The van der Waals surface area contributed by atoms with Crippen LogP contribution in [0.2, 0.25) is 0 Å². The summed E-state index contributed by atoms with van der Waals surface area (Å²) in [5.41, 5.74) is 0.446. The summed E-state index contributed by atoms with van der Waals surface area (Å²) in [5.74, 6) is -0.320. The van der Waals surface area contributed by atoms with Crippen LogP contribution >= 0.6 is 0 Å². The van der Waals surface area contributed by atoms with Gasteiger partial charge < -0.3 is 9.42 Å². The van der Waals surface area contributed by atoms with Gasteiger partial charge in [0.15, 0.2) is 5.69 Å². The van der Waals surface area contributed by atoms with Crippen molar-refractivity contribution in [3.05, 3.63) is 52.9 Å². The molecule has 2 heterocycles. The van der Waals surface area contributed by atoms with E-state index in [-0.39, 0.29) is 17.4 Å². The van der Waals surface area contributed by atoms with Gasteiger partial charge in [0.05, 0.1) is 0 Å². The van der Waals surface area contributed by atoms with Crippen molar-refractivity contribution in [1.29, 1.82) is 0 Å². The van der Waals surface area contributed by atoms with E-state index in [9.17, 15) is 13.6 Å². The second-order valence-corrected chi connectivity index (χ2v) is 6.32. The zero-order valence-corrected chi connectivity index (χ0v) is 13.6. The zero-order chi connectivity index (χ0) is 17.1. The van der Waals surface area contributed by atoms with Crippen LogP contribution < -0.4 is 0 Å².